The largest absolute Gasteiger partial charge is 0.369 e. The minimum Gasteiger partial charge on any atom is -0.369 e. The highest BCUT2D eigenvalue weighted by Crippen LogP contribution is 2.29. The molecule has 2 aromatic rings. The summed E-state index contributed by atoms with van der Waals surface area (Å²) >= 11 is 0. The summed E-state index contributed by atoms with van der Waals surface area (Å²) in [4.78, 5) is 30.6. The molecule has 1 unspecified atom stereocenters. The van der Waals surface area contributed by atoms with Gasteiger partial charge in [-0.15, -0.1) is 0 Å². The number of aromatic nitrogens is 1. The third-order valence-electron chi connectivity index (χ3n) is 5.89. The number of carbonyl (C=O) groups excluding carboxylic acids is 2. The van der Waals surface area contributed by atoms with E-state index in [9.17, 15) is 14.0 Å². The maximum Gasteiger partial charge on any atom is 0.192 e. The summed E-state index contributed by atoms with van der Waals surface area (Å²) in [5.41, 5.74) is 4.23. The molecule has 1 N–H and O–H groups in total. The molecule has 0 spiro atoms. The average Bonchev–Trinajstić information content (AvgIpc) is 3.24. The SMILES string of the molecule is CC1=CCCC=C1C(=O)c1ccc(N2CCC(Nc3ccc(F)cn3)C2)c(CC=O)c1. The van der Waals surface area contributed by atoms with Gasteiger partial charge in [0.05, 0.1) is 6.20 Å². The second-order valence-corrected chi connectivity index (χ2v) is 8.06. The lowest BCUT2D eigenvalue weighted by Gasteiger charge is -2.23. The molecule has 2 aliphatic rings. The summed E-state index contributed by atoms with van der Waals surface area (Å²) in [5.74, 6) is 0.295. The van der Waals surface area contributed by atoms with Crippen LogP contribution in [0.15, 0.2) is 59.8 Å². The lowest BCUT2D eigenvalue weighted by Crippen LogP contribution is -2.27. The summed E-state index contributed by atoms with van der Waals surface area (Å²) in [6, 6.07) is 8.86. The second kappa shape index (κ2) is 9.25. The Labute approximate surface area is 181 Å². The molecule has 0 amide bonds. The van der Waals surface area contributed by atoms with E-state index in [0.29, 0.717) is 11.4 Å². The van der Waals surface area contributed by atoms with Crippen molar-refractivity contribution < 1.29 is 14.0 Å². The number of halogens is 1. The molecular formula is C25H26FN3O2. The predicted molar refractivity (Wildman–Crippen MR) is 120 cm³/mol. The van der Waals surface area contributed by atoms with E-state index < -0.39 is 0 Å². The van der Waals surface area contributed by atoms with Crippen LogP contribution in [0.4, 0.5) is 15.9 Å². The van der Waals surface area contributed by atoms with Gasteiger partial charge in [-0.2, -0.15) is 0 Å². The van der Waals surface area contributed by atoms with Crippen molar-refractivity contribution in [2.75, 3.05) is 23.3 Å². The summed E-state index contributed by atoms with van der Waals surface area (Å²) in [6.45, 7) is 3.53. The van der Waals surface area contributed by atoms with Gasteiger partial charge in [-0.3, -0.25) is 4.79 Å². The maximum atomic E-state index is 13.1. The van der Waals surface area contributed by atoms with Crippen molar-refractivity contribution in [1.82, 2.24) is 4.98 Å². The fourth-order valence-electron chi connectivity index (χ4n) is 4.28. The van der Waals surface area contributed by atoms with Crippen molar-refractivity contribution in [3.63, 3.8) is 0 Å². The van der Waals surface area contributed by atoms with Gasteiger partial charge in [0.2, 0.25) is 0 Å². The van der Waals surface area contributed by atoms with Crippen LogP contribution in [0, 0.1) is 5.82 Å². The van der Waals surface area contributed by atoms with E-state index in [1.807, 2.05) is 31.2 Å². The van der Waals surface area contributed by atoms with Crippen LogP contribution < -0.4 is 10.2 Å². The average molecular weight is 420 g/mol. The van der Waals surface area contributed by atoms with Crippen molar-refractivity contribution in [3.05, 3.63) is 76.8 Å². The number of nitrogens with one attached hydrogen (secondary N) is 1. The van der Waals surface area contributed by atoms with E-state index >= 15 is 0 Å². The topological polar surface area (TPSA) is 62.3 Å². The molecule has 1 aromatic carbocycles. The first-order valence-electron chi connectivity index (χ1n) is 10.7. The van der Waals surface area contributed by atoms with Crippen LogP contribution in [-0.2, 0) is 11.2 Å². The second-order valence-electron chi connectivity index (χ2n) is 8.06. The summed E-state index contributed by atoms with van der Waals surface area (Å²) in [6.07, 6.45) is 9.19. The van der Waals surface area contributed by atoms with Crippen molar-refractivity contribution in [1.29, 1.82) is 0 Å². The Bertz CT molecular complexity index is 1040. The predicted octanol–water partition coefficient (Wildman–Crippen LogP) is 4.50. The van der Waals surface area contributed by atoms with Crippen molar-refractivity contribution >= 4 is 23.6 Å². The van der Waals surface area contributed by atoms with Gasteiger partial charge >= 0.3 is 0 Å². The van der Waals surface area contributed by atoms with Crippen LogP contribution >= 0.6 is 0 Å². The van der Waals surface area contributed by atoms with Crippen molar-refractivity contribution in [2.24, 2.45) is 0 Å². The molecular weight excluding hydrogens is 393 g/mol. The first-order valence-corrected chi connectivity index (χ1v) is 10.7. The maximum absolute atomic E-state index is 13.1. The molecule has 160 valence electrons. The van der Waals surface area contributed by atoms with E-state index in [1.165, 1.54) is 12.3 Å². The molecule has 6 heteroatoms. The minimum absolute atomic E-state index is 0.00972. The fraction of sp³-hybridized carbons (Fsp3) is 0.320. The van der Waals surface area contributed by atoms with Gasteiger partial charge in [0.1, 0.15) is 17.9 Å². The molecule has 31 heavy (non-hydrogen) atoms. The molecule has 1 aliphatic carbocycles. The third kappa shape index (κ3) is 4.74. The number of nitrogens with zero attached hydrogens (tertiary/aromatic N) is 2. The first kappa shape index (κ1) is 21.0. The first-order chi connectivity index (χ1) is 15.0. The normalized spacial score (nSPS) is 18.4. The van der Waals surface area contributed by atoms with E-state index in [2.05, 4.69) is 21.3 Å². The molecule has 0 bridgehead atoms. The van der Waals surface area contributed by atoms with Gasteiger partial charge in [-0.05, 0) is 67.7 Å². The van der Waals surface area contributed by atoms with Gasteiger partial charge in [0, 0.05) is 42.4 Å². The number of pyridine rings is 1. The van der Waals surface area contributed by atoms with Crippen molar-refractivity contribution in [3.8, 4) is 0 Å². The zero-order valence-corrected chi connectivity index (χ0v) is 17.6. The number of allylic oxidation sites excluding steroid dienone is 4. The molecule has 1 fully saturated rings. The molecule has 1 aliphatic heterocycles. The molecule has 5 nitrogen and oxygen atoms in total. The Morgan fingerprint density at radius 1 is 1.26 bits per heavy atom. The van der Waals surface area contributed by atoms with Crippen LogP contribution in [-0.4, -0.2) is 36.2 Å². The van der Waals surface area contributed by atoms with Crippen LogP contribution in [0.5, 0.6) is 0 Å². The zero-order chi connectivity index (χ0) is 21.8. The number of aldehydes is 1. The Kier molecular flexibility index (Phi) is 6.26. The Morgan fingerprint density at radius 3 is 2.84 bits per heavy atom. The number of anilines is 2. The minimum atomic E-state index is -0.360. The highest BCUT2D eigenvalue weighted by atomic mass is 19.1. The summed E-state index contributed by atoms with van der Waals surface area (Å²) < 4.78 is 13.1. The van der Waals surface area contributed by atoms with Crippen LogP contribution in [0.2, 0.25) is 0 Å². The Morgan fingerprint density at radius 2 is 2.10 bits per heavy atom. The smallest absolute Gasteiger partial charge is 0.192 e. The Balaban J connectivity index is 1.51. The highest BCUT2D eigenvalue weighted by molar-refractivity contribution is 6.11. The standard InChI is InChI=1S/C25H26FN3O2/c1-17-4-2-3-5-22(17)25(31)19-6-8-23(18(14-19)11-13-30)29-12-10-21(16-29)28-24-9-7-20(26)15-27-24/h4-9,13-15,21H,2-3,10-12,16H2,1H3,(H,27,28). The molecule has 1 aromatic heterocycles. The quantitative estimate of drug-likeness (QED) is 0.529. The van der Waals surface area contributed by atoms with Gasteiger partial charge in [-0.25, -0.2) is 9.37 Å². The van der Waals surface area contributed by atoms with Crippen molar-refractivity contribution in [2.45, 2.75) is 38.6 Å². The number of hydrogen-bond acceptors (Lipinski definition) is 5. The number of benzene rings is 1. The van der Waals surface area contributed by atoms with Crippen LogP contribution in [0.1, 0.15) is 42.1 Å². The third-order valence-corrected chi connectivity index (χ3v) is 5.89. The fourth-order valence-corrected chi connectivity index (χ4v) is 4.28. The van der Waals surface area contributed by atoms with Crippen LogP contribution in [0.25, 0.3) is 0 Å². The number of ketones is 1. The van der Waals surface area contributed by atoms with E-state index in [4.69, 9.17) is 0 Å². The lowest BCUT2D eigenvalue weighted by molar-refractivity contribution is -0.107. The molecule has 4 rings (SSSR count). The Hall–Kier alpha value is -3.28. The van der Waals surface area contributed by atoms with E-state index in [-0.39, 0.29) is 24.1 Å². The molecule has 1 saturated heterocycles. The number of rotatable bonds is 7. The monoisotopic (exact) mass is 419 g/mol. The van der Waals surface area contributed by atoms with Gasteiger partial charge < -0.3 is 15.0 Å². The van der Waals surface area contributed by atoms with E-state index in [1.54, 1.807) is 6.07 Å². The number of carbonyl (C=O) groups is 2. The highest BCUT2D eigenvalue weighted by Gasteiger charge is 2.25. The lowest BCUT2D eigenvalue weighted by atomic mass is 9.91. The molecule has 2 heterocycles. The molecule has 0 saturated carbocycles. The van der Waals surface area contributed by atoms with Gasteiger partial charge in [-0.1, -0.05) is 12.2 Å². The van der Waals surface area contributed by atoms with Gasteiger partial charge in [0.15, 0.2) is 5.78 Å². The summed E-state index contributed by atoms with van der Waals surface area (Å²) in [7, 11) is 0. The zero-order valence-electron chi connectivity index (χ0n) is 17.6. The number of Topliss-reactive ketones (excluding diaryl/α,β-unsaturated/α-hetero) is 1. The van der Waals surface area contributed by atoms with Crippen LogP contribution in [0.3, 0.4) is 0 Å². The summed E-state index contributed by atoms with van der Waals surface area (Å²) in [5, 5.41) is 3.34. The molecule has 0 radical (unpaired) electrons. The molecule has 1 atom stereocenters. The van der Waals surface area contributed by atoms with Gasteiger partial charge in [0.25, 0.3) is 0 Å². The van der Waals surface area contributed by atoms with E-state index in [0.717, 1.165) is 61.0 Å². The number of hydrogen-bond donors (Lipinski definition) is 1.